The second-order valence-electron chi connectivity index (χ2n) is 2.91. The van der Waals surface area contributed by atoms with E-state index < -0.39 is 13.6 Å². The van der Waals surface area contributed by atoms with Crippen molar-refractivity contribution in [3.8, 4) is 0 Å². The quantitative estimate of drug-likeness (QED) is 0.499. The van der Waals surface area contributed by atoms with Crippen molar-refractivity contribution in [2.75, 3.05) is 0 Å². The SMILES string of the molecule is CC1=C(C(=O)O)CC(P(=O)(O)O)=CN1. The molecule has 0 saturated heterocycles. The molecule has 1 aliphatic heterocycles. The van der Waals surface area contributed by atoms with Crippen LogP contribution in [0, 0.1) is 0 Å². The van der Waals surface area contributed by atoms with Crippen LogP contribution in [0.4, 0.5) is 0 Å². The number of aliphatic carboxylic acids is 1. The van der Waals surface area contributed by atoms with Crippen LogP contribution in [0.15, 0.2) is 22.8 Å². The van der Waals surface area contributed by atoms with Crippen LogP contribution in [-0.2, 0) is 9.36 Å². The van der Waals surface area contributed by atoms with Crippen molar-refractivity contribution in [1.82, 2.24) is 5.32 Å². The van der Waals surface area contributed by atoms with Crippen molar-refractivity contribution in [3.05, 3.63) is 22.8 Å². The molecule has 0 aliphatic carbocycles. The summed E-state index contributed by atoms with van der Waals surface area (Å²) in [6.07, 6.45) is 0.932. The highest BCUT2D eigenvalue weighted by atomic mass is 31.2. The van der Waals surface area contributed by atoms with E-state index in [2.05, 4.69) is 5.32 Å². The molecule has 1 rings (SSSR count). The highest BCUT2D eigenvalue weighted by Crippen LogP contribution is 2.48. The fourth-order valence-electron chi connectivity index (χ4n) is 1.07. The third-order valence-corrected chi connectivity index (χ3v) is 2.93. The number of rotatable bonds is 2. The molecule has 0 aromatic rings. The van der Waals surface area contributed by atoms with E-state index in [0.717, 1.165) is 6.20 Å². The normalized spacial score (nSPS) is 17.5. The summed E-state index contributed by atoms with van der Waals surface area (Å²) in [7, 11) is -4.34. The lowest BCUT2D eigenvalue weighted by Gasteiger charge is -2.17. The van der Waals surface area contributed by atoms with E-state index in [1.54, 1.807) is 0 Å². The topological polar surface area (TPSA) is 107 Å². The maximum atomic E-state index is 10.8. The molecule has 7 heteroatoms. The average Bonchev–Trinajstić information content (AvgIpc) is 2.02. The second kappa shape index (κ2) is 3.57. The molecular formula is C7H10NO5P. The van der Waals surface area contributed by atoms with Crippen LogP contribution >= 0.6 is 7.60 Å². The molecule has 14 heavy (non-hydrogen) atoms. The molecule has 0 bridgehead atoms. The minimum atomic E-state index is -4.34. The van der Waals surface area contributed by atoms with Gasteiger partial charge in [0.15, 0.2) is 0 Å². The van der Waals surface area contributed by atoms with E-state index in [1.807, 2.05) is 0 Å². The van der Waals surface area contributed by atoms with E-state index in [9.17, 15) is 9.36 Å². The third kappa shape index (κ3) is 2.23. The first kappa shape index (κ1) is 11.0. The van der Waals surface area contributed by atoms with Gasteiger partial charge in [-0.05, 0) is 6.92 Å². The molecule has 0 spiro atoms. The van der Waals surface area contributed by atoms with Gasteiger partial charge in [-0.15, -0.1) is 0 Å². The Morgan fingerprint density at radius 1 is 1.57 bits per heavy atom. The molecule has 78 valence electrons. The summed E-state index contributed by atoms with van der Waals surface area (Å²) in [5, 5.41) is 11.0. The van der Waals surface area contributed by atoms with E-state index >= 15 is 0 Å². The van der Waals surface area contributed by atoms with Crippen LogP contribution < -0.4 is 5.32 Å². The van der Waals surface area contributed by atoms with Crippen LogP contribution in [-0.4, -0.2) is 20.9 Å². The Bertz CT molecular complexity index is 378. The van der Waals surface area contributed by atoms with Gasteiger partial charge in [0.25, 0.3) is 0 Å². The lowest BCUT2D eigenvalue weighted by Crippen LogP contribution is -2.17. The minimum absolute atomic E-state index is 0.0224. The summed E-state index contributed by atoms with van der Waals surface area (Å²) >= 11 is 0. The summed E-state index contributed by atoms with van der Waals surface area (Å²) in [5.41, 5.74) is 0.375. The first-order valence-electron chi connectivity index (χ1n) is 3.77. The first-order chi connectivity index (χ1) is 6.32. The Labute approximate surface area is 80.1 Å². The van der Waals surface area contributed by atoms with E-state index in [-0.39, 0.29) is 17.3 Å². The Morgan fingerprint density at radius 2 is 2.14 bits per heavy atom. The van der Waals surface area contributed by atoms with Gasteiger partial charge in [0.2, 0.25) is 0 Å². The molecule has 1 heterocycles. The van der Waals surface area contributed by atoms with Gasteiger partial charge in [0.05, 0.1) is 10.9 Å². The number of hydrogen-bond donors (Lipinski definition) is 4. The lowest BCUT2D eigenvalue weighted by molar-refractivity contribution is -0.132. The monoisotopic (exact) mass is 219 g/mol. The number of nitrogens with one attached hydrogen (secondary N) is 1. The molecule has 0 amide bonds. The number of carboxylic acids is 1. The van der Waals surface area contributed by atoms with Crippen molar-refractivity contribution in [2.24, 2.45) is 0 Å². The zero-order valence-corrected chi connectivity index (χ0v) is 8.28. The molecule has 6 nitrogen and oxygen atoms in total. The highest BCUT2D eigenvalue weighted by molar-refractivity contribution is 7.56. The van der Waals surface area contributed by atoms with Crippen LogP contribution in [0.1, 0.15) is 13.3 Å². The average molecular weight is 219 g/mol. The summed E-state index contributed by atoms with van der Waals surface area (Å²) < 4.78 is 10.8. The van der Waals surface area contributed by atoms with Crippen molar-refractivity contribution in [2.45, 2.75) is 13.3 Å². The molecule has 1 aliphatic rings. The van der Waals surface area contributed by atoms with Gasteiger partial charge in [-0.25, -0.2) is 4.79 Å². The Kier molecular flexibility index (Phi) is 2.80. The molecule has 0 aromatic carbocycles. The van der Waals surface area contributed by atoms with E-state index in [1.165, 1.54) is 6.92 Å². The largest absolute Gasteiger partial charge is 0.478 e. The number of allylic oxidation sites excluding steroid dienone is 2. The number of carboxylic acid groups (broad SMARTS) is 1. The van der Waals surface area contributed by atoms with Crippen LogP contribution in [0.2, 0.25) is 0 Å². The highest BCUT2D eigenvalue weighted by Gasteiger charge is 2.27. The lowest BCUT2D eigenvalue weighted by atomic mass is 10.1. The van der Waals surface area contributed by atoms with Crippen molar-refractivity contribution < 1.29 is 24.3 Å². The molecule has 0 atom stereocenters. The summed E-state index contributed by atoms with van der Waals surface area (Å²) in [6, 6.07) is 0. The maximum Gasteiger partial charge on any atom is 0.354 e. The van der Waals surface area contributed by atoms with Gasteiger partial charge in [0, 0.05) is 18.3 Å². The summed E-state index contributed by atoms with van der Waals surface area (Å²) in [6.45, 7) is 1.54. The zero-order chi connectivity index (χ0) is 10.9. The van der Waals surface area contributed by atoms with Crippen LogP contribution in [0.5, 0.6) is 0 Å². The van der Waals surface area contributed by atoms with E-state index in [4.69, 9.17) is 14.9 Å². The van der Waals surface area contributed by atoms with Crippen molar-refractivity contribution in [1.29, 1.82) is 0 Å². The van der Waals surface area contributed by atoms with Gasteiger partial charge in [-0.2, -0.15) is 0 Å². The molecule has 0 saturated carbocycles. The Morgan fingerprint density at radius 3 is 2.57 bits per heavy atom. The number of hydrogen-bond acceptors (Lipinski definition) is 3. The maximum absolute atomic E-state index is 10.8. The molecule has 0 fully saturated rings. The smallest absolute Gasteiger partial charge is 0.354 e. The van der Waals surface area contributed by atoms with Gasteiger partial charge in [-0.3, -0.25) is 4.57 Å². The van der Waals surface area contributed by atoms with Crippen molar-refractivity contribution >= 4 is 13.6 Å². The summed E-state index contributed by atoms with van der Waals surface area (Å²) in [5.74, 6) is -1.17. The predicted molar refractivity (Wildman–Crippen MR) is 48.2 cm³/mol. The predicted octanol–water partition coefficient (Wildman–Crippen LogP) is 0.357. The Balaban J connectivity index is 2.96. The second-order valence-corrected chi connectivity index (χ2v) is 4.57. The third-order valence-electron chi connectivity index (χ3n) is 1.90. The van der Waals surface area contributed by atoms with Gasteiger partial charge in [0.1, 0.15) is 0 Å². The number of dihydropyridines is 1. The fourth-order valence-corrected chi connectivity index (χ4v) is 1.66. The molecule has 0 aromatic heterocycles. The van der Waals surface area contributed by atoms with Gasteiger partial charge in [-0.1, -0.05) is 0 Å². The molecule has 0 radical (unpaired) electrons. The zero-order valence-electron chi connectivity index (χ0n) is 7.39. The molecular weight excluding hydrogens is 209 g/mol. The Hall–Kier alpha value is -1.10. The standard InChI is InChI=1S/C7H10NO5P/c1-4-6(7(9)10)2-5(3-8-4)14(11,12)13/h3,8H,2H2,1H3,(H,9,10)(H2,11,12,13). The van der Waals surface area contributed by atoms with E-state index in [0.29, 0.717) is 5.70 Å². The van der Waals surface area contributed by atoms with Crippen molar-refractivity contribution in [3.63, 3.8) is 0 Å². The minimum Gasteiger partial charge on any atom is -0.478 e. The number of carbonyl (C=O) groups is 1. The van der Waals surface area contributed by atoms with Gasteiger partial charge >= 0.3 is 13.6 Å². The first-order valence-corrected chi connectivity index (χ1v) is 5.38. The fraction of sp³-hybridized carbons (Fsp3) is 0.286. The van der Waals surface area contributed by atoms with Crippen LogP contribution in [0.25, 0.3) is 0 Å². The van der Waals surface area contributed by atoms with Gasteiger partial charge < -0.3 is 20.2 Å². The molecule has 0 unspecified atom stereocenters. The van der Waals surface area contributed by atoms with Crippen LogP contribution in [0.3, 0.4) is 0 Å². The summed E-state index contributed by atoms with van der Waals surface area (Å²) in [4.78, 5) is 28.3. The molecule has 4 N–H and O–H groups in total.